The van der Waals surface area contributed by atoms with Gasteiger partial charge < -0.3 is 9.72 Å². The number of Topliss-reactive ketones (excluding diaryl/α,β-unsaturated/α-hetero) is 1. The third kappa shape index (κ3) is 3.20. The van der Waals surface area contributed by atoms with E-state index in [9.17, 15) is 4.79 Å². The molecule has 1 aromatic rings. The minimum atomic E-state index is 0.210. The zero-order valence-corrected chi connectivity index (χ0v) is 19.2. The molecule has 4 saturated carbocycles. The second-order valence-corrected chi connectivity index (χ2v) is 11.6. The molecule has 0 saturated heterocycles. The number of fused-ring (bicyclic) bond motifs is 5. The largest absolute Gasteiger partial charge is 0.384 e. The molecule has 0 aliphatic heterocycles. The topological polar surface area (TPSA) is 55.0 Å². The highest BCUT2D eigenvalue weighted by molar-refractivity contribution is 5.83. The Kier molecular flexibility index (Phi) is 5.36. The standard InChI is InChI=1S/C26H40N2O2/c1-25-10-8-17(16-30-3)14-18(25)4-5-19-20-6-7-22(26(20,2)11-9-21(19)25)23(29)15-24-27-12-13-28-24/h12-13,17-22H,4-11,14-16H2,1-3H3,(H,27,28)/t17?,18?,19-,20-,21-,22+,25-,26-/m0/s1. The van der Waals surface area contributed by atoms with Crippen LogP contribution in [0.3, 0.4) is 0 Å². The van der Waals surface area contributed by atoms with Gasteiger partial charge in [-0.25, -0.2) is 4.98 Å². The molecule has 0 aromatic carbocycles. The Morgan fingerprint density at radius 3 is 2.67 bits per heavy atom. The average molecular weight is 413 g/mol. The van der Waals surface area contributed by atoms with Crippen molar-refractivity contribution in [1.29, 1.82) is 0 Å². The highest BCUT2D eigenvalue weighted by atomic mass is 16.5. The second-order valence-electron chi connectivity index (χ2n) is 11.6. The second kappa shape index (κ2) is 7.76. The molecule has 5 rings (SSSR count). The molecule has 0 bridgehead atoms. The van der Waals surface area contributed by atoms with Gasteiger partial charge in [0.25, 0.3) is 0 Å². The molecular formula is C26H40N2O2. The lowest BCUT2D eigenvalue weighted by molar-refractivity contribution is -0.137. The number of ketones is 1. The van der Waals surface area contributed by atoms with E-state index in [0.717, 1.165) is 48.4 Å². The normalized spacial score (nSPS) is 45.4. The van der Waals surface area contributed by atoms with Crippen molar-refractivity contribution in [3.8, 4) is 0 Å². The molecule has 1 heterocycles. The number of aromatic nitrogens is 2. The summed E-state index contributed by atoms with van der Waals surface area (Å²) in [5.41, 5.74) is 0.728. The molecule has 8 atom stereocenters. The summed E-state index contributed by atoms with van der Waals surface area (Å²) in [6, 6.07) is 0. The van der Waals surface area contributed by atoms with Crippen molar-refractivity contribution in [2.24, 2.45) is 46.3 Å². The van der Waals surface area contributed by atoms with Gasteiger partial charge in [-0.1, -0.05) is 13.8 Å². The Morgan fingerprint density at radius 2 is 1.90 bits per heavy atom. The monoisotopic (exact) mass is 412 g/mol. The number of hydrogen-bond acceptors (Lipinski definition) is 3. The summed E-state index contributed by atoms with van der Waals surface area (Å²) in [7, 11) is 1.86. The van der Waals surface area contributed by atoms with Gasteiger partial charge >= 0.3 is 0 Å². The van der Waals surface area contributed by atoms with E-state index >= 15 is 0 Å². The number of carbonyl (C=O) groups is 1. The number of aromatic amines is 1. The van der Waals surface area contributed by atoms with Gasteiger partial charge in [0.2, 0.25) is 0 Å². The van der Waals surface area contributed by atoms with Crippen LogP contribution in [-0.2, 0) is 16.0 Å². The summed E-state index contributed by atoms with van der Waals surface area (Å²) >= 11 is 0. The maximum atomic E-state index is 13.2. The molecule has 0 radical (unpaired) electrons. The number of nitrogens with zero attached hydrogens (tertiary/aromatic N) is 1. The quantitative estimate of drug-likeness (QED) is 0.700. The molecule has 30 heavy (non-hydrogen) atoms. The first-order valence-corrected chi connectivity index (χ1v) is 12.5. The summed E-state index contributed by atoms with van der Waals surface area (Å²) in [6.45, 7) is 6.05. The van der Waals surface area contributed by atoms with E-state index < -0.39 is 0 Å². The first-order chi connectivity index (χ1) is 14.5. The third-order valence-corrected chi connectivity index (χ3v) is 10.5. The van der Waals surface area contributed by atoms with Gasteiger partial charge in [-0.05, 0) is 98.2 Å². The lowest BCUT2D eigenvalue weighted by Gasteiger charge is -2.61. The fourth-order valence-electron chi connectivity index (χ4n) is 8.95. The van der Waals surface area contributed by atoms with Crippen LogP contribution in [0.2, 0.25) is 0 Å². The van der Waals surface area contributed by atoms with Crippen molar-refractivity contribution in [1.82, 2.24) is 9.97 Å². The van der Waals surface area contributed by atoms with Crippen LogP contribution in [0.1, 0.15) is 77.5 Å². The van der Waals surface area contributed by atoms with Crippen LogP contribution in [-0.4, -0.2) is 29.5 Å². The number of H-pyrrole nitrogens is 1. The molecule has 4 aliphatic carbocycles. The van der Waals surface area contributed by atoms with Gasteiger partial charge in [0.15, 0.2) is 0 Å². The van der Waals surface area contributed by atoms with Crippen LogP contribution in [0.5, 0.6) is 0 Å². The molecule has 4 heteroatoms. The predicted octanol–water partition coefficient (Wildman–Crippen LogP) is 5.44. The fourth-order valence-corrected chi connectivity index (χ4v) is 8.95. The van der Waals surface area contributed by atoms with Gasteiger partial charge in [-0.3, -0.25) is 4.79 Å². The smallest absolute Gasteiger partial charge is 0.144 e. The van der Waals surface area contributed by atoms with E-state index in [1.807, 2.05) is 13.3 Å². The SMILES string of the molecule is COCC1CC[C@@]2(C)C(CC[C@H]3[C@@H]4CC[C@H](C(=O)Cc5ncc[nH]5)[C@@]4(C)CC[C@@H]32)C1. The number of hydrogen-bond donors (Lipinski definition) is 1. The van der Waals surface area contributed by atoms with Crippen LogP contribution < -0.4 is 0 Å². The number of nitrogens with one attached hydrogen (secondary N) is 1. The molecule has 1 aromatic heterocycles. The zero-order valence-electron chi connectivity index (χ0n) is 19.2. The highest BCUT2D eigenvalue weighted by Crippen LogP contribution is 2.67. The number of rotatable bonds is 5. The molecule has 4 fully saturated rings. The van der Waals surface area contributed by atoms with Gasteiger partial charge in [0, 0.05) is 32.0 Å². The summed E-state index contributed by atoms with van der Waals surface area (Å²) in [5.74, 6) is 5.60. The number of imidazole rings is 1. The van der Waals surface area contributed by atoms with Gasteiger partial charge in [0.05, 0.1) is 6.42 Å². The first-order valence-electron chi connectivity index (χ1n) is 12.5. The lowest BCUT2D eigenvalue weighted by Crippen LogP contribution is -2.54. The Morgan fingerprint density at radius 1 is 1.10 bits per heavy atom. The Hall–Kier alpha value is -1.16. The number of ether oxygens (including phenoxy) is 1. The van der Waals surface area contributed by atoms with E-state index in [0.29, 0.717) is 17.6 Å². The van der Waals surface area contributed by atoms with Crippen molar-refractivity contribution < 1.29 is 9.53 Å². The number of carbonyl (C=O) groups excluding carboxylic acids is 1. The van der Waals surface area contributed by atoms with Crippen LogP contribution >= 0.6 is 0 Å². The van der Waals surface area contributed by atoms with E-state index in [1.165, 1.54) is 51.4 Å². The van der Waals surface area contributed by atoms with Crippen LogP contribution in [0.25, 0.3) is 0 Å². The molecule has 4 nitrogen and oxygen atoms in total. The molecule has 1 N–H and O–H groups in total. The van der Waals surface area contributed by atoms with Gasteiger partial charge in [-0.15, -0.1) is 0 Å². The maximum absolute atomic E-state index is 13.2. The van der Waals surface area contributed by atoms with Crippen molar-refractivity contribution in [3.63, 3.8) is 0 Å². The molecular weight excluding hydrogens is 372 g/mol. The molecule has 2 unspecified atom stereocenters. The summed E-state index contributed by atoms with van der Waals surface area (Å²) in [4.78, 5) is 20.7. The highest BCUT2D eigenvalue weighted by Gasteiger charge is 2.61. The van der Waals surface area contributed by atoms with E-state index in [-0.39, 0.29) is 11.3 Å². The predicted molar refractivity (Wildman–Crippen MR) is 118 cm³/mol. The lowest BCUT2D eigenvalue weighted by atomic mass is 9.44. The summed E-state index contributed by atoms with van der Waals surface area (Å²) in [6.07, 6.45) is 15.9. The Labute approximate surface area is 182 Å². The van der Waals surface area contributed by atoms with Crippen LogP contribution in [0.4, 0.5) is 0 Å². The van der Waals surface area contributed by atoms with Crippen LogP contribution in [0, 0.1) is 46.3 Å². The molecule has 0 amide bonds. The maximum Gasteiger partial charge on any atom is 0.144 e. The molecule has 0 spiro atoms. The molecule has 166 valence electrons. The Balaban J connectivity index is 1.32. The van der Waals surface area contributed by atoms with E-state index in [1.54, 1.807) is 6.20 Å². The van der Waals surface area contributed by atoms with Gasteiger partial charge in [0.1, 0.15) is 11.6 Å². The van der Waals surface area contributed by atoms with E-state index in [2.05, 4.69) is 23.8 Å². The minimum Gasteiger partial charge on any atom is -0.384 e. The third-order valence-electron chi connectivity index (χ3n) is 10.5. The number of methoxy groups -OCH3 is 1. The first kappa shape index (κ1) is 20.7. The minimum absolute atomic E-state index is 0.210. The summed E-state index contributed by atoms with van der Waals surface area (Å²) < 4.78 is 5.50. The average Bonchev–Trinajstić information content (AvgIpc) is 3.35. The van der Waals surface area contributed by atoms with E-state index in [4.69, 9.17) is 4.74 Å². The summed E-state index contributed by atoms with van der Waals surface area (Å²) in [5, 5.41) is 0. The van der Waals surface area contributed by atoms with Crippen molar-refractivity contribution in [2.45, 2.75) is 78.1 Å². The molecule has 4 aliphatic rings. The Bertz CT molecular complexity index is 761. The van der Waals surface area contributed by atoms with Crippen LogP contribution in [0.15, 0.2) is 12.4 Å². The fraction of sp³-hybridized carbons (Fsp3) is 0.846. The van der Waals surface area contributed by atoms with Gasteiger partial charge in [-0.2, -0.15) is 0 Å². The zero-order chi connectivity index (χ0) is 20.9. The van der Waals surface area contributed by atoms with Crippen molar-refractivity contribution >= 4 is 5.78 Å². The van der Waals surface area contributed by atoms with Crippen molar-refractivity contribution in [2.75, 3.05) is 13.7 Å². The van der Waals surface area contributed by atoms with Crippen molar-refractivity contribution in [3.05, 3.63) is 18.2 Å².